The maximum absolute atomic E-state index is 6.66. The molecule has 0 radical (unpaired) electrons. The molecule has 2 heteroatoms. The number of benzene rings is 7. The molecule has 0 spiro atoms. The van der Waals surface area contributed by atoms with Gasteiger partial charge in [-0.1, -0.05) is 146 Å². The van der Waals surface area contributed by atoms with Gasteiger partial charge in [0.25, 0.3) is 0 Å². The van der Waals surface area contributed by atoms with E-state index < -0.39 is 0 Å². The molecule has 210 valence electrons. The summed E-state index contributed by atoms with van der Waals surface area (Å²) >= 11 is 0. The number of hydrogen-bond donors (Lipinski definition) is 0. The Morgan fingerprint density at radius 3 is 1.27 bits per heavy atom. The summed E-state index contributed by atoms with van der Waals surface area (Å²) < 4.78 is 13.3. The van der Waals surface area contributed by atoms with Crippen LogP contribution in [0.15, 0.2) is 182 Å². The summed E-state index contributed by atoms with van der Waals surface area (Å²) in [6.07, 6.45) is 0. The van der Waals surface area contributed by atoms with E-state index >= 15 is 0 Å². The largest absolute Gasteiger partial charge is 0.453 e. The summed E-state index contributed by atoms with van der Waals surface area (Å²) in [6.45, 7) is 0. The van der Waals surface area contributed by atoms with Gasteiger partial charge in [0.1, 0.15) is 11.5 Å². The van der Waals surface area contributed by atoms with Crippen molar-refractivity contribution in [3.63, 3.8) is 0 Å². The van der Waals surface area contributed by atoms with Crippen LogP contribution in [0.5, 0.6) is 23.0 Å². The van der Waals surface area contributed by atoms with Crippen molar-refractivity contribution in [2.24, 2.45) is 0 Å². The Bertz CT molecular complexity index is 2000. The van der Waals surface area contributed by atoms with Crippen LogP contribution in [0.4, 0.5) is 0 Å². The maximum Gasteiger partial charge on any atom is 0.169 e. The van der Waals surface area contributed by atoms with Gasteiger partial charge in [-0.3, -0.25) is 0 Å². The zero-order chi connectivity index (χ0) is 29.6. The van der Waals surface area contributed by atoms with Gasteiger partial charge >= 0.3 is 0 Å². The third kappa shape index (κ3) is 5.88. The molecule has 2 nitrogen and oxygen atoms in total. The van der Waals surface area contributed by atoms with E-state index in [1.165, 1.54) is 5.56 Å². The first-order valence-electron chi connectivity index (χ1n) is 14.8. The highest BCUT2D eigenvalue weighted by atomic mass is 16.5. The molecule has 0 saturated heterocycles. The second kappa shape index (κ2) is 12.6. The summed E-state index contributed by atoms with van der Waals surface area (Å²) in [4.78, 5) is 0. The second-order valence-corrected chi connectivity index (χ2v) is 10.5. The Balaban J connectivity index is 1.23. The fraction of sp³-hybridized carbons (Fsp3) is 0. The van der Waals surface area contributed by atoms with E-state index in [2.05, 4.69) is 115 Å². The molecule has 0 amide bonds. The molecule has 0 bridgehead atoms. The lowest BCUT2D eigenvalue weighted by molar-refractivity contribution is 0.420. The van der Waals surface area contributed by atoms with E-state index in [0.29, 0.717) is 11.5 Å². The molecule has 0 aliphatic heterocycles. The molecule has 0 fully saturated rings. The normalized spacial score (nSPS) is 10.7. The van der Waals surface area contributed by atoms with Gasteiger partial charge < -0.3 is 9.47 Å². The zero-order valence-electron chi connectivity index (χ0n) is 24.1. The molecule has 0 aromatic heterocycles. The number of ether oxygens (including phenoxy) is 2. The van der Waals surface area contributed by atoms with Crippen molar-refractivity contribution in [1.29, 1.82) is 0 Å². The van der Waals surface area contributed by atoms with Crippen LogP contribution in [0.1, 0.15) is 0 Å². The number of rotatable bonds is 8. The highest BCUT2D eigenvalue weighted by molar-refractivity contribution is 5.79. The van der Waals surface area contributed by atoms with Crippen LogP contribution in [0.25, 0.3) is 44.5 Å². The maximum atomic E-state index is 6.66. The molecule has 0 unspecified atom stereocenters. The smallest absolute Gasteiger partial charge is 0.169 e. The van der Waals surface area contributed by atoms with Crippen LogP contribution < -0.4 is 9.47 Å². The molecule has 44 heavy (non-hydrogen) atoms. The van der Waals surface area contributed by atoms with E-state index in [0.717, 1.165) is 50.4 Å². The van der Waals surface area contributed by atoms with Gasteiger partial charge in [0, 0.05) is 11.1 Å². The molecule has 0 aliphatic carbocycles. The van der Waals surface area contributed by atoms with Gasteiger partial charge in [-0.2, -0.15) is 0 Å². The first-order chi connectivity index (χ1) is 21.8. The van der Waals surface area contributed by atoms with Gasteiger partial charge in [0.05, 0.1) is 0 Å². The average molecular weight is 567 g/mol. The van der Waals surface area contributed by atoms with Crippen LogP contribution in [0.3, 0.4) is 0 Å². The fourth-order valence-corrected chi connectivity index (χ4v) is 5.42. The topological polar surface area (TPSA) is 18.5 Å². The lowest BCUT2D eigenvalue weighted by atomic mass is 9.98. The number of hydrogen-bond acceptors (Lipinski definition) is 2. The highest BCUT2D eigenvalue weighted by Crippen LogP contribution is 2.42. The van der Waals surface area contributed by atoms with Crippen LogP contribution in [-0.4, -0.2) is 0 Å². The lowest BCUT2D eigenvalue weighted by Crippen LogP contribution is -1.94. The van der Waals surface area contributed by atoms with Crippen LogP contribution in [0.2, 0.25) is 0 Å². The van der Waals surface area contributed by atoms with Gasteiger partial charge in [0.15, 0.2) is 11.5 Å². The summed E-state index contributed by atoms with van der Waals surface area (Å²) in [6, 6.07) is 62.1. The molecule has 7 rings (SSSR count). The monoisotopic (exact) mass is 566 g/mol. The van der Waals surface area contributed by atoms with Crippen molar-refractivity contribution < 1.29 is 9.47 Å². The molecule has 0 aliphatic rings. The van der Waals surface area contributed by atoms with E-state index in [-0.39, 0.29) is 0 Å². The average Bonchev–Trinajstić information content (AvgIpc) is 3.11. The minimum Gasteiger partial charge on any atom is -0.453 e. The van der Waals surface area contributed by atoms with Crippen molar-refractivity contribution in [2.45, 2.75) is 0 Å². The summed E-state index contributed by atoms with van der Waals surface area (Å²) in [7, 11) is 0. The van der Waals surface area contributed by atoms with Crippen molar-refractivity contribution in [1.82, 2.24) is 0 Å². The Morgan fingerprint density at radius 2 is 0.659 bits per heavy atom. The first-order valence-corrected chi connectivity index (χ1v) is 14.8. The van der Waals surface area contributed by atoms with Crippen molar-refractivity contribution in [2.75, 3.05) is 0 Å². The van der Waals surface area contributed by atoms with Crippen LogP contribution in [0, 0.1) is 0 Å². The highest BCUT2D eigenvalue weighted by Gasteiger charge is 2.15. The molecule has 0 N–H and O–H groups in total. The molecule has 7 aromatic rings. The van der Waals surface area contributed by atoms with Crippen LogP contribution >= 0.6 is 0 Å². The minimum absolute atomic E-state index is 0.644. The summed E-state index contributed by atoms with van der Waals surface area (Å²) in [5.74, 6) is 2.81. The van der Waals surface area contributed by atoms with Gasteiger partial charge in [-0.15, -0.1) is 0 Å². The third-order valence-electron chi connectivity index (χ3n) is 7.63. The standard InChI is InChI=1S/C42H30O2/c1-4-15-31(16-5-1)34-21-14-22-36(29-34)37-23-10-11-24-39(37)43-41-25-12-13-26-42(41)44-40-28-27-35(32-17-6-2-7-18-32)30-38(40)33-19-8-3-9-20-33/h1-30H. The SMILES string of the molecule is c1ccc(-c2cccc(-c3ccccc3Oc3ccccc3Oc3ccc(-c4ccccc4)cc3-c3ccccc3)c2)cc1. The molecule has 0 atom stereocenters. The Morgan fingerprint density at radius 1 is 0.227 bits per heavy atom. The fourth-order valence-electron chi connectivity index (χ4n) is 5.42. The summed E-state index contributed by atoms with van der Waals surface area (Å²) in [5.41, 5.74) is 8.83. The Hall–Kier alpha value is -5.86. The van der Waals surface area contributed by atoms with E-state index in [9.17, 15) is 0 Å². The van der Waals surface area contributed by atoms with Gasteiger partial charge in [0.2, 0.25) is 0 Å². The minimum atomic E-state index is 0.644. The first kappa shape index (κ1) is 27.0. The predicted molar refractivity (Wildman–Crippen MR) is 181 cm³/mol. The zero-order valence-corrected chi connectivity index (χ0v) is 24.1. The molecule has 0 saturated carbocycles. The predicted octanol–water partition coefficient (Wildman–Crippen LogP) is 11.9. The van der Waals surface area contributed by atoms with E-state index in [1.807, 2.05) is 66.7 Å². The van der Waals surface area contributed by atoms with Gasteiger partial charge in [-0.25, -0.2) is 0 Å². The lowest BCUT2D eigenvalue weighted by Gasteiger charge is -2.17. The van der Waals surface area contributed by atoms with Crippen molar-refractivity contribution in [3.8, 4) is 67.5 Å². The number of para-hydroxylation sites is 3. The van der Waals surface area contributed by atoms with E-state index in [1.54, 1.807) is 0 Å². The molecular formula is C42H30O2. The molecule has 0 heterocycles. The Kier molecular flexibility index (Phi) is 7.71. The van der Waals surface area contributed by atoms with Crippen LogP contribution in [-0.2, 0) is 0 Å². The van der Waals surface area contributed by atoms with Gasteiger partial charge in [-0.05, 0) is 69.8 Å². The van der Waals surface area contributed by atoms with Crippen molar-refractivity contribution >= 4 is 0 Å². The van der Waals surface area contributed by atoms with Crippen molar-refractivity contribution in [3.05, 3.63) is 182 Å². The Labute approximate surface area is 258 Å². The molecular weight excluding hydrogens is 536 g/mol. The third-order valence-corrected chi connectivity index (χ3v) is 7.63. The quantitative estimate of drug-likeness (QED) is 0.182. The van der Waals surface area contributed by atoms with E-state index in [4.69, 9.17) is 9.47 Å². The summed E-state index contributed by atoms with van der Waals surface area (Å²) in [5, 5.41) is 0. The molecule has 7 aromatic carbocycles. The second-order valence-electron chi connectivity index (χ2n) is 10.5.